The van der Waals surface area contributed by atoms with E-state index in [-0.39, 0.29) is 11.5 Å². The van der Waals surface area contributed by atoms with E-state index in [1.54, 1.807) is 11.0 Å². The fourth-order valence-corrected chi connectivity index (χ4v) is 4.80. The van der Waals surface area contributed by atoms with Gasteiger partial charge in [-0.1, -0.05) is 0 Å². The maximum atomic E-state index is 13.8. The Hall–Kier alpha value is -2.32. The molecule has 1 spiro atoms. The van der Waals surface area contributed by atoms with Crippen LogP contribution in [0.3, 0.4) is 0 Å². The second-order valence-corrected chi connectivity index (χ2v) is 7.63. The van der Waals surface area contributed by atoms with E-state index in [1.807, 2.05) is 0 Å². The highest BCUT2D eigenvalue weighted by Gasteiger charge is 2.43. The van der Waals surface area contributed by atoms with Gasteiger partial charge in [0.2, 0.25) is 0 Å². The summed E-state index contributed by atoms with van der Waals surface area (Å²) in [5.74, 6) is -1.91. The third-order valence-electron chi connectivity index (χ3n) is 5.08. The van der Waals surface area contributed by atoms with E-state index in [0.717, 1.165) is 16.6 Å². The Morgan fingerprint density at radius 2 is 2.12 bits per heavy atom. The second kappa shape index (κ2) is 6.44. The number of hydrogen-bond donors (Lipinski definition) is 1. The second-order valence-electron chi connectivity index (χ2n) is 6.49. The van der Waals surface area contributed by atoms with Crippen molar-refractivity contribution in [3.05, 3.63) is 51.2 Å². The lowest BCUT2D eigenvalue weighted by Gasteiger charge is -2.44. The van der Waals surface area contributed by atoms with Crippen molar-refractivity contribution >= 4 is 23.2 Å². The van der Waals surface area contributed by atoms with E-state index >= 15 is 0 Å². The van der Waals surface area contributed by atoms with Gasteiger partial charge in [-0.15, -0.1) is 11.3 Å². The van der Waals surface area contributed by atoms with Gasteiger partial charge in [0.15, 0.2) is 5.82 Å². The van der Waals surface area contributed by atoms with Crippen molar-refractivity contribution in [2.75, 3.05) is 19.7 Å². The summed E-state index contributed by atoms with van der Waals surface area (Å²) in [7, 11) is 0. The monoisotopic (exact) mass is 376 g/mol. The Bertz CT molecular complexity index is 874. The molecule has 0 radical (unpaired) electrons. The minimum Gasteiger partial charge on any atom is -0.477 e. The van der Waals surface area contributed by atoms with Gasteiger partial charge in [0.05, 0.1) is 24.0 Å². The van der Waals surface area contributed by atoms with Gasteiger partial charge in [0.25, 0.3) is 5.91 Å². The summed E-state index contributed by atoms with van der Waals surface area (Å²) < 4.78 is 19.9. The number of aromatic nitrogens is 1. The van der Waals surface area contributed by atoms with Gasteiger partial charge < -0.3 is 14.7 Å². The molecule has 136 valence electrons. The number of carboxylic acids is 1. The van der Waals surface area contributed by atoms with E-state index in [9.17, 15) is 19.1 Å². The van der Waals surface area contributed by atoms with Crippen LogP contribution in [-0.4, -0.2) is 46.6 Å². The van der Waals surface area contributed by atoms with Gasteiger partial charge >= 0.3 is 5.97 Å². The molecule has 2 aromatic heterocycles. The number of ether oxygens (including phenoxy) is 1. The molecule has 8 heteroatoms. The van der Waals surface area contributed by atoms with E-state index < -0.39 is 17.4 Å². The molecular formula is C18H17FN2O4S. The zero-order valence-electron chi connectivity index (χ0n) is 13.9. The number of pyridine rings is 1. The molecule has 2 aliphatic rings. The number of nitrogens with zero attached hydrogens (tertiary/aromatic N) is 2. The molecule has 1 N–H and O–H groups in total. The summed E-state index contributed by atoms with van der Waals surface area (Å²) in [5, 5.41) is 9.26. The van der Waals surface area contributed by atoms with Gasteiger partial charge in [-0.3, -0.25) is 9.78 Å². The Morgan fingerprint density at radius 1 is 1.35 bits per heavy atom. The molecule has 6 nitrogen and oxygen atoms in total. The summed E-state index contributed by atoms with van der Waals surface area (Å²) in [6, 6.07) is 3.09. The molecule has 26 heavy (non-hydrogen) atoms. The molecular weight excluding hydrogens is 359 g/mol. The number of amides is 1. The van der Waals surface area contributed by atoms with Crippen molar-refractivity contribution < 1.29 is 23.8 Å². The smallest absolute Gasteiger partial charge is 0.345 e. The summed E-state index contributed by atoms with van der Waals surface area (Å²) in [5.41, 5.74) is 0.406. The SMILES string of the molecule is O=C(O)c1cc2c(s1)CCOC21CCN(C(=O)c2ccncc2F)CC1. The van der Waals surface area contributed by atoms with Gasteiger partial charge in [0.1, 0.15) is 4.88 Å². The first kappa shape index (κ1) is 17.1. The Kier molecular flexibility index (Phi) is 4.24. The Balaban J connectivity index is 1.55. The molecule has 0 aliphatic carbocycles. The molecule has 4 rings (SSSR count). The van der Waals surface area contributed by atoms with Crippen LogP contribution >= 0.6 is 11.3 Å². The molecule has 2 aliphatic heterocycles. The lowest BCUT2D eigenvalue weighted by molar-refractivity contribution is -0.0926. The molecule has 1 saturated heterocycles. The van der Waals surface area contributed by atoms with Crippen molar-refractivity contribution in [2.24, 2.45) is 0 Å². The van der Waals surface area contributed by atoms with Crippen molar-refractivity contribution in [3.63, 3.8) is 0 Å². The summed E-state index contributed by atoms with van der Waals surface area (Å²) in [6.07, 6.45) is 4.27. The standard InChI is InChI=1S/C18H17FN2O4S/c19-13-10-20-5-1-11(13)16(22)21-6-3-18(4-7-21)12-9-15(17(23)24)26-14(12)2-8-25-18/h1,5,9-10H,2-4,6-8H2,(H,23,24). The topological polar surface area (TPSA) is 79.7 Å². The molecule has 0 bridgehead atoms. The third kappa shape index (κ3) is 2.79. The lowest BCUT2D eigenvalue weighted by atomic mass is 9.82. The van der Waals surface area contributed by atoms with Gasteiger partial charge in [0, 0.05) is 30.6 Å². The molecule has 0 saturated carbocycles. The van der Waals surface area contributed by atoms with Crippen molar-refractivity contribution in [1.29, 1.82) is 0 Å². The van der Waals surface area contributed by atoms with Crippen LogP contribution in [0.5, 0.6) is 0 Å². The zero-order valence-corrected chi connectivity index (χ0v) is 14.7. The van der Waals surface area contributed by atoms with E-state index in [2.05, 4.69) is 4.98 Å². The first-order chi connectivity index (χ1) is 12.5. The fraction of sp³-hybridized carbons (Fsp3) is 0.389. The summed E-state index contributed by atoms with van der Waals surface area (Å²) >= 11 is 1.30. The molecule has 2 aromatic rings. The van der Waals surface area contributed by atoms with Crippen LogP contribution in [0.15, 0.2) is 24.5 Å². The van der Waals surface area contributed by atoms with E-state index in [0.29, 0.717) is 43.8 Å². The maximum Gasteiger partial charge on any atom is 0.345 e. The van der Waals surface area contributed by atoms with Crippen LogP contribution in [0.2, 0.25) is 0 Å². The highest BCUT2D eigenvalue weighted by Crippen LogP contribution is 2.44. The predicted octanol–water partition coefficient (Wildman–Crippen LogP) is 2.68. The normalized spacial score (nSPS) is 18.6. The van der Waals surface area contributed by atoms with Crippen molar-refractivity contribution in [3.8, 4) is 0 Å². The number of halogens is 1. The molecule has 0 unspecified atom stereocenters. The number of carbonyl (C=O) groups is 2. The lowest BCUT2D eigenvalue weighted by Crippen LogP contribution is -2.48. The average Bonchev–Trinajstić information content (AvgIpc) is 3.09. The highest BCUT2D eigenvalue weighted by atomic mass is 32.1. The Morgan fingerprint density at radius 3 is 2.81 bits per heavy atom. The molecule has 0 atom stereocenters. The molecule has 1 fully saturated rings. The van der Waals surface area contributed by atoms with Crippen LogP contribution < -0.4 is 0 Å². The Labute approximate surface area is 153 Å². The van der Waals surface area contributed by atoms with Gasteiger partial charge in [-0.25, -0.2) is 9.18 Å². The summed E-state index contributed by atoms with van der Waals surface area (Å²) in [4.78, 5) is 30.5. The van der Waals surface area contributed by atoms with Crippen LogP contribution in [-0.2, 0) is 16.8 Å². The largest absolute Gasteiger partial charge is 0.477 e. The van der Waals surface area contributed by atoms with Crippen LogP contribution in [0.4, 0.5) is 4.39 Å². The maximum absolute atomic E-state index is 13.8. The number of hydrogen-bond acceptors (Lipinski definition) is 5. The van der Waals surface area contributed by atoms with Crippen LogP contribution in [0, 0.1) is 5.82 Å². The first-order valence-electron chi connectivity index (χ1n) is 8.39. The number of carboxylic acid groups (broad SMARTS) is 1. The number of carbonyl (C=O) groups excluding carboxylic acids is 1. The third-order valence-corrected chi connectivity index (χ3v) is 6.26. The molecule has 0 aromatic carbocycles. The number of fused-ring (bicyclic) bond motifs is 2. The van der Waals surface area contributed by atoms with Crippen LogP contribution in [0.25, 0.3) is 0 Å². The quantitative estimate of drug-likeness (QED) is 0.872. The summed E-state index contributed by atoms with van der Waals surface area (Å²) in [6.45, 7) is 1.40. The minimum atomic E-state index is -0.930. The zero-order chi connectivity index (χ0) is 18.3. The average molecular weight is 376 g/mol. The van der Waals surface area contributed by atoms with Gasteiger partial charge in [-0.05, 0) is 30.5 Å². The number of likely N-dealkylation sites (tertiary alicyclic amines) is 1. The number of aromatic carboxylic acids is 1. The van der Waals surface area contributed by atoms with E-state index in [1.165, 1.54) is 23.6 Å². The first-order valence-corrected chi connectivity index (χ1v) is 9.21. The number of rotatable bonds is 2. The highest BCUT2D eigenvalue weighted by molar-refractivity contribution is 7.14. The fourth-order valence-electron chi connectivity index (χ4n) is 3.73. The predicted molar refractivity (Wildman–Crippen MR) is 91.9 cm³/mol. The van der Waals surface area contributed by atoms with Crippen molar-refractivity contribution in [1.82, 2.24) is 9.88 Å². The number of thiophene rings is 1. The van der Waals surface area contributed by atoms with Gasteiger partial charge in [-0.2, -0.15) is 0 Å². The minimum absolute atomic E-state index is 0.0184. The number of piperidine rings is 1. The molecule has 1 amide bonds. The molecule has 4 heterocycles. The van der Waals surface area contributed by atoms with Crippen LogP contribution in [0.1, 0.15) is 43.3 Å². The van der Waals surface area contributed by atoms with Crippen molar-refractivity contribution in [2.45, 2.75) is 24.9 Å². The van der Waals surface area contributed by atoms with E-state index in [4.69, 9.17) is 4.74 Å².